The van der Waals surface area contributed by atoms with Crippen LogP contribution in [0.15, 0.2) is 5.38 Å². The third-order valence-electron chi connectivity index (χ3n) is 4.29. The zero-order valence-corrected chi connectivity index (χ0v) is 15.2. The first kappa shape index (κ1) is 17.7. The average Bonchev–Trinajstić information content (AvgIpc) is 3.16. The van der Waals surface area contributed by atoms with Gasteiger partial charge in [-0.3, -0.25) is 4.79 Å². The summed E-state index contributed by atoms with van der Waals surface area (Å²) in [4.78, 5) is 33.0. The van der Waals surface area contributed by atoms with Gasteiger partial charge >= 0.3 is 6.03 Å². The van der Waals surface area contributed by atoms with Gasteiger partial charge in [0.05, 0.1) is 16.7 Å². The molecule has 6 nitrogen and oxygen atoms in total. The Balaban J connectivity index is 2.01. The molecule has 2 heterocycles. The van der Waals surface area contributed by atoms with E-state index >= 15 is 0 Å². The highest BCUT2D eigenvalue weighted by atomic mass is 32.1. The fraction of sp³-hybridized carbons (Fsp3) is 0.688. The Labute approximate surface area is 141 Å². The number of thiazole rings is 1. The highest BCUT2D eigenvalue weighted by molar-refractivity contribution is 7.09. The van der Waals surface area contributed by atoms with E-state index in [0.29, 0.717) is 19.6 Å². The van der Waals surface area contributed by atoms with Crippen molar-refractivity contribution in [1.82, 2.24) is 20.1 Å². The first-order chi connectivity index (χ1) is 11.0. The van der Waals surface area contributed by atoms with Gasteiger partial charge in [-0.2, -0.15) is 0 Å². The second kappa shape index (κ2) is 7.77. The minimum Gasteiger partial charge on any atom is -0.341 e. The minimum atomic E-state index is -0.334. The predicted octanol–water partition coefficient (Wildman–Crippen LogP) is 2.55. The van der Waals surface area contributed by atoms with Crippen LogP contribution in [0.3, 0.4) is 0 Å². The monoisotopic (exact) mass is 338 g/mol. The third kappa shape index (κ3) is 4.02. The van der Waals surface area contributed by atoms with E-state index in [1.54, 1.807) is 21.1 Å². The SMILES string of the molecule is CCN(CC)C(=O)[C@H]1CCCN1C(=O)N[C@H](C)c1csc(C)n1. The number of hydrogen-bond acceptors (Lipinski definition) is 4. The summed E-state index contributed by atoms with van der Waals surface area (Å²) in [6.07, 6.45) is 1.61. The largest absolute Gasteiger partial charge is 0.341 e. The molecule has 0 spiro atoms. The van der Waals surface area contributed by atoms with E-state index in [0.717, 1.165) is 23.5 Å². The maximum atomic E-state index is 12.6. The van der Waals surface area contributed by atoms with Crippen LogP contribution < -0.4 is 5.32 Å². The minimum absolute atomic E-state index is 0.0554. The zero-order valence-electron chi connectivity index (χ0n) is 14.3. The van der Waals surface area contributed by atoms with E-state index in [2.05, 4.69) is 10.3 Å². The summed E-state index contributed by atoms with van der Waals surface area (Å²) in [6, 6.07) is -0.664. The van der Waals surface area contributed by atoms with Gasteiger partial charge in [-0.1, -0.05) is 0 Å². The molecule has 0 aromatic carbocycles. The summed E-state index contributed by atoms with van der Waals surface area (Å²) >= 11 is 1.57. The molecule has 1 aromatic heterocycles. The topological polar surface area (TPSA) is 65.5 Å². The highest BCUT2D eigenvalue weighted by Crippen LogP contribution is 2.21. The lowest BCUT2D eigenvalue weighted by molar-refractivity contribution is -0.134. The van der Waals surface area contributed by atoms with Crippen LogP contribution in [0.2, 0.25) is 0 Å². The van der Waals surface area contributed by atoms with Gasteiger partial charge in [-0.05, 0) is 40.5 Å². The van der Waals surface area contributed by atoms with E-state index in [-0.39, 0.29) is 24.0 Å². The van der Waals surface area contributed by atoms with Crippen molar-refractivity contribution in [3.8, 4) is 0 Å². The smallest absolute Gasteiger partial charge is 0.318 e. The Kier molecular flexibility index (Phi) is 5.98. The van der Waals surface area contributed by atoms with Crippen molar-refractivity contribution < 1.29 is 9.59 Å². The first-order valence-corrected chi connectivity index (χ1v) is 9.13. The molecule has 1 aromatic rings. The Morgan fingerprint density at radius 2 is 2.17 bits per heavy atom. The van der Waals surface area contributed by atoms with Gasteiger partial charge < -0.3 is 15.1 Å². The molecule has 1 N–H and O–H groups in total. The number of urea groups is 1. The standard InChI is InChI=1S/C16H26N4O2S/c1-5-19(6-2)15(21)14-8-7-9-20(14)16(22)17-11(3)13-10-23-12(4)18-13/h10-11,14H,5-9H2,1-4H3,(H,17,22)/t11-,14-/m1/s1. The number of aryl methyl sites for hydroxylation is 1. The van der Waals surface area contributed by atoms with Crippen molar-refractivity contribution >= 4 is 23.3 Å². The fourth-order valence-corrected chi connectivity index (χ4v) is 3.64. The molecular formula is C16H26N4O2S. The summed E-state index contributed by atoms with van der Waals surface area (Å²) in [5.74, 6) is 0.0554. The van der Waals surface area contributed by atoms with Gasteiger partial charge in [0, 0.05) is 25.0 Å². The van der Waals surface area contributed by atoms with Crippen molar-refractivity contribution in [2.45, 2.75) is 52.6 Å². The Hall–Kier alpha value is -1.63. The molecule has 1 aliphatic rings. The molecular weight excluding hydrogens is 312 g/mol. The van der Waals surface area contributed by atoms with Gasteiger partial charge in [0.2, 0.25) is 5.91 Å². The second-order valence-electron chi connectivity index (χ2n) is 5.82. The molecule has 7 heteroatoms. The van der Waals surface area contributed by atoms with Crippen LogP contribution in [0.4, 0.5) is 4.79 Å². The molecule has 2 rings (SSSR count). The molecule has 3 amide bonds. The second-order valence-corrected chi connectivity index (χ2v) is 6.89. The number of likely N-dealkylation sites (N-methyl/N-ethyl adjacent to an activating group) is 1. The summed E-state index contributed by atoms with van der Waals surface area (Å²) in [5, 5.41) is 5.92. The van der Waals surface area contributed by atoms with Crippen LogP contribution in [0.5, 0.6) is 0 Å². The zero-order chi connectivity index (χ0) is 17.0. The quantitative estimate of drug-likeness (QED) is 0.897. The number of likely N-dealkylation sites (tertiary alicyclic amines) is 1. The molecule has 0 radical (unpaired) electrons. The number of rotatable bonds is 5. The van der Waals surface area contributed by atoms with Crippen molar-refractivity contribution in [3.63, 3.8) is 0 Å². The van der Waals surface area contributed by atoms with Crippen LogP contribution >= 0.6 is 11.3 Å². The van der Waals surface area contributed by atoms with Crippen LogP contribution in [-0.4, -0.2) is 52.4 Å². The van der Waals surface area contributed by atoms with Crippen molar-refractivity contribution in [2.24, 2.45) is 0 Å². The average molecular weight is 338 g/mol. The number of carbonyl (C=O) groups is 2. The molecule has 23 heavy (non-hydrogen) atoms. The van der Waals surface area contributed by atoms with Crippen molar-refractivity contribution in [3.05, 3.63) is 16.1 Å². The van der Waals surface area contributed by atoms with E-state index in [1.807, 2.05) is 33.1 Å². The van der Waals surface area contributed by atoms with E-state index < -0.39 is 0 Å². The van der Waals surface area contributed by atoms with E-state index in [9.17, 15) is 9.59 Å². The lowest BCUT2D eigenvalue weighted by Gasteiger charge is -2.29. The molecule has 0 saturated carbocycles. The van der Waals surface area contributed by atoms with Gasteiger partial charge in [0.25, 0.3) is 0 Å². The molecule has 0 aliphatic carbocycles. The van der Waals surface area contributed by atoms with Crippen LogP contribution in [0.25, 0.3) is 0 Å². The van der Waals surface area contributed by atoms with Crippen molar-refractivity contribution in [1.29, 1.82) is 0 Å². The van der Waals surface area contributed by atoms with Gasteiger partial charge in [-0.15, -0.1) is 11.3 Å². The number of nitrogens with zero attached hydrogens (tertiary/aromatic N) is 3. The predicted molar refractivity (Wildman–Crippen MR) is 91.5 cm³/mol. The Bertz CT molecular complexity index is 556. The van der Waals surface area contributed by atoms with Crippen LogP contribution in [0, 0.1) is 6.92 Å². The highest BCUT2D eigenvalue weighted by Gasteiger charge is 2.36. The lowest BCUT2D eigenvalue weighted by Crippen LogP contribution is -2.51. The number of nitrogens with one attached hydrogen (secondary N) is 1. The van der Waals surface area contributed by atoms with E-state index in [1.165, 1.54) is 0 Å². The number of aromatic nitrogens is 1. The summed E-state index contributed by atoms with van der Waals surface area (Å²) in [7, 11) is 0. The normalized spacial score (nSPS) is 18.8. The summed E-state index contributed by atoms with van der Waals surface area (Å²) in [6.45, 7) is 9.78. The van der Waals surface area contributed by atoms with E-state index in [4.69, 9.17) is 0 Å². The van der Waals surface area contributed by atoms with Crippen LogP contribution in [0.1, 0.15) is 50.4 Å². The molecule has 2 atom stereocenters. The Morgan fingerprint density at radius 3 is 2.74 bits per heavy atom. The molecule has 1 aliphatic heterocycles. The molecule has 1 fully saturated rings. The van der Waals surface area contributed by atoms with Crippen molar-refractivity contribution in [2.75, 3.05) is 19.6 Å². The number of amides is 3. The molecule has 1 saturated heterocycles. The Morgan fingerprint density at radius 1 is 1.48 bits per heavy atom. The maximum absolute atomic E-state index is 12.6. The maximum Gasteiger partial charge on any atom is 0.318 e. The van der Waals surface area contributed by atoms with Gasteiger partial charge in [-0.25, -0.2) is 9.78 Å². The first-order valence-electron chi connectivity index (χ1n) is 8.25. The summed E-state index contributed by atoms with van der Waals surface area (Å²) < 4.78 is 0. The molecule has 0 bridgehead atoms. The van der Waals surface area contributed by atoms with Gasteiger partial charge in [0.15, 0.2) is 0 Å². The van der Waals surface area contributed by atoms with Gasteiger partial charge in [0.1, 0.15) is 6.04 Å². The van der Waals surface area contributed by atoms with Crippen LogP contribution in [-0.2, 0) is 4.79 Å². The number of carbonyl (C=O) groups excluding carboxylic acids is 2. The fourth-order valence-electron chi connectivity index (χ4n) is 2.93. The summed E-state index contributed by atoms with van der Waals surface area (Å²) in [5.41, 5.74) is 0.867. The molecule has 0 unspecified atom stereocenters. The number of hydrogen-bond donors (Lipinski definition) is 1. The molecule has 128 valence electrons. The third-order valence-corrected chi connectivity index (χ3v) is 5.09. The lowest BCUT2D eigenvalue weighted by atomic mass is 10.2.